The number of oxime groups is 1. The number of sulfonamides is 1. The van der Waals surface area contributed by atoms with E-state index in [2.05, 4.69) is 14.5 Å². The van der Waals surface area contributed by atoms with E-state index in [0.29, 0.717) is 0 Å². The normalized spacial score (nSPS) is 14.8. The first kappa shape index (κ1) is 12.2. The fourth-order valence-corrected chi connectivity index (χ4v) is 2.10. The summed E-state index contributed by atoms with van der Waals surface area (Å²) in [6.45, 7) is 0.516. The third kappa shape index (κ3) is 2.36. The first-order valence-corrected chi connectivity index (χ1v) is 6.21. The molecule has 1 aromatic heterocycles. The second kappa shape index (κ2) is 4.94. The standard InChI is InChI=1S/C9H7N3O5S/c13-6-11-18(14,15)9-7(2-1-3-10-9)8-12-17-5-4-16-8/h1-3H,4-5H2. The number of aromatic nitrogens is 1. The molecule has 0 unspecified atom stereocenters. The summed E-state index contributed by atoms with van der Waals surface area (Å²) in [5, 5.41) is 3.15. The van der Waals surface area contributed by atoms with Crippen molar-refractivity contribution in [3.63, 3.8) is 0 Å². The molecule has 1 aliphatic rings. The van der Waals surface area contributed by atoms with Crippen LogP contribution in [-0.4, -0.2) is 38.6 Å². The molecule has 94 valence electrons. The molecule has 2 heterocycles. The van der Waals surface area contributed by atoms with Gasteiger partial charge in [-0.1, -0.05) is 4.40 Å². The van der Waals surface area contributed by atoms with Crippen LogP contribution in [0.5, 0.6) is 0 Å². The van der Waals surface area contributed by atoms with E-state index in [0.717, 1.165) is 6.08 Å². The molecular weight excluding hydrogens is 262 g/mol. The highest BCUT2D eigenvalue weighted by molar-refractivity contribution is 7.90. The van der Waals surface area contributed by atoms with E-state index in [4.69, 9.17) is 9.57 Å². The number of carbonyl (C=O) groups excluding carboxylic acids is 1. The van der Waals surface area contributed by atoms with Crippen molar-refractivity contribution in [2.75, 3.05) is 13.2 Å². The predicted molar refractivity (Wildman–Crippen MR) is 58.0 cm³/mol. The molecule has 0 saturated heterocycles. The third-order valence-electron chi connectivity index (χ3n) is 1.96. The molecule has 0 N–H and O–H groups in total. The van der Waals surface area contributed by atoms with Gasteiger partial charge in [-0.2, -0.15) is 8.42 Å². The molecule has 0 bridgehead atoms. The molecule has 1 aliphatic heterocycles. The van der Waals surface area contributed by atoms with Crippen molar-refractivity contribution in [3.8, 4) is 0 Å². The summed E-state index contributed by atoms with van der Waals surface area (Å²) < 4.78 is 31.2. The molecule has 0 radical (unpaired) electrons. The molecule has 8 nitrogen and oxygen atoms in total. The van der Waals surface area contributed by atoms with Crippen LogP contribution in [0.3, 0.4) is 0 Å². The quantitative estimate of drug-likeness (QED) is 0.556. The Balaban J connectivity index is 2.56. The Bertz CT molecular complexity index is 633. The Morgan fingerprint density at radius 2 is 2.22 bits per heavy atom. The lowest BCUT2D eigenvalue weighted by Gasteiger charge is -2.14. The highest BCUT2D eigenvalue weighted by Crippen LogP contribution is 2.17. The van der Waals surface area contributed by atoms with Gasteiger partial charge in [0.2, 0.25) is 0 Å². The van der Waals surface area contributed by atoms with Gasteiger partial charge >= 0.3 is 10.0 Å². The number of rotatable bonds is 3. The van der Waals surface area contributed by atoms with Crippen molar-refractivity contribution >= 4 is 22.0 Å². The zero-order chi connectivity index (χ0) is 13.0. The van der Waals surface area contributed by atoms with Gasteiger partial charge in [-0.05, 0) is 17.3 Å². The zero-order valence-electron chi connectivity index (χ0n) is 8.94. The minimum atomic E-state index is -4.22. The average Bonchev–Trinajstić information content (AvgIpc) is 2.40. The lowest BCUT2D eigenvalue weighted by Crippen LogP contribution is -2.20. The molecule has 0 amide bonds. The van der Waals surface area contributed by atoms with Gasteiger partial charge in [0, 0.05) is 6.20 Å². The molecule has 0 saturated carbocycles. The van der Waals surface area contributed by atoms with E-state index in [1.165, 1.54) is 18.3 Å². The van der Waals surface area contributed by atoms with Crippen LogP contribution in [0.4, 0.5) is 0 Å². The van der Waals surface area contributed by atoms with E-state index in [1.807, 2.05) is 0 Å². The Morgan fingerprint density at radius 3 is 2.89 bits per heavy atom. The summed E-state index contributed by atoms with van der Waals surface area (Å²) >= 11 is 0. The number of hydrogen-bond acceptors (Lipinski definition) is 7. The minimum absolute atomic E-state index is 0.0194. The van der Waals surface area contributed by atoms with E-state index < -0.39 is 15.0 Å². The first-order chi connectivity index (χ1) is 8.65. The summed E-state index contributed by atoms with van der Waals surface area (Å²) in [7, 11) is -4.22. The van der Waals surface area contributed by atoms with E-state index in [9.17, 15) is 13.2 Å². The van der Waals surface area contributed by atoms with Crippen molar-refractivity contribution in [3.05, 3.63) is 23.9 Å². The SMILES string of the molecule is O=C=NS(=O)(=O)c1ncccc1C1=NOCCO1. The van der Waals surface area contributed by atoms with Crippen LogP contribution < -0.4 is 0 Å². The van der Waals surface area contributed by atoms with E-state index in [1.54, 1.807) is 0 Å². The van der Waals surface area contributed by atoms with Gasteiger partial charge in [0.25, 0.3) is 12.0 Å². The Kier molecular flexibility index (Phi) is 3.35. The summed E-state index contributed by atoms with van der Waals surface area (Å²) in [6.07, 6.45) is 2.22. The predicted octanol–water partition coefficient (Wildman–Crippen LogP) is -0.185. The smallest absolute Gasteiger partial charge is 0.310 e. The van der Waals surface area contributed by atoms with Crippen LogP contribution >= 0.6 is 0 Å². The lowest BCUT2D eigenvalue weighted by molar-refractivity contribution is 0.0653. The number of hydrogen-bond donors (Lipinski definition) is 0. The molecule has 2 rings (SSSR count). The van der Waals surface area contributed by atoms with Gasteiger partial charge in [0.05, 0.1) is 5.56 Å². The maximum atomic E-state index is 11.7. The molecule has 0 aliphatic carbocycles. The topological polar surface area (TPSA) is 107 Å². The van der Waals surface area contributed by atoms with Crippen molar-refractivity contribution in [2.24, 2.45) is 9.55 Å². The van der Waals surface area contributed by atoms with Gasteiger partial charge < -0.3 is 9.57 Å². The summed E-state index contributed by atoms with van der Waals surface area (Å²) in [6, 6.07) is 2.92. The summed E-state index contributed by atoms with van der Waals surface area (Å²) in [5.41, 5.74) is 0.0798. The monoisotopic (exact) mass is 269 g/mol. The van der Waals surface area contributed by atoms with Gasteiger partial charge in [0.15, 0.2) is 11.6 Å². The van der Waals surface area contributed by atoms with Crippen molar-refractivity contribution in [1.29, 1.82) is 0 Å². The minimum Gasteiger partial charge on any atom is -0.471 e. The zero-order valence-corrected chi connectivity index (χ0v) is 9.75. The van der Waals surface area contributed by atoms with Crippen molar-refractivity contribution in [1.82, 2.24) is 4.98 Å². The second-order valence-electron chi connectivity index (χ2n) is 3.09. The molecule has 0 spiro atoms. The molecule has 1 aromatic rings. The Labute approximate surface area is 102 Å². The number of pyridine rings is 1. The second-order valence-corrected chi connectivity index (χ2v) is 4.61. The fourth-order valence-electron chi connectivity index (χ4n) is 1.28. The average molecular weight is 269 g/mol. The Morgan fingerprint density at radius 1 is 1.39 bits per heavy atom. The van der Waals surface area contributed by atoms with Crippen molar-refractivity contribution in [2.45, 2.75) is 5.03 Å². The lowest BCUT2D eigenvalue weighted by atomic mass is 10.3. The van der Waals surface area contributed by atoms with Gasteiger partial charge in [-0.25, -0.2) is 9.78 Å². The first-order valence-electron chi connectivity index (χ1n) is 4.77. The van der Waals surface area contributed by atoms with E-state index >= 15 is 0 Å². The van der Waals surface area contributed by atoms with Gasteiger partial charge in [-0.15, -0.1) is 0 Å². The van der Waals surface area contributed by atoms with Crippen LogP contribution in [-0.2, 0) is 24.4 Å². The highest BCUT2D eigenvalue weighted by atomic mass is 32.2. The molecule has 9 heteroatoms. The Hall–Kier alpha value is -2.25. The van der Waals surface area contributed by atoms with Gasteiger partial charge in [-0.3, -0.25) is 0 Å². The van der Waals surface area contributed by atoms with E-state index in [-0.39, 0.29) is 24.7 Å². The summed E-state index contributed by atoms with van der Waals surface area (Å²) in [5.74, 6) is -0.0194. The number of nitrogens with zero attached hydrogens (tertiary/aromatic N) is 3. The van der Waals surface area contributed by atoms with Gasteiger partial charge in [0.1, 0.15) is 6.61 Å². The van der Waals surface area contributed by atoms with Crippen LogP contribution in [0.15, 0.2) is 32.9 Å². The number of isocyanates is 1. The molecule has 0 atom stereocenters. The molecule has 0 aromatic carbocycles. The maximum absolute atomic E-state index is 11.7. The maximum Gasteiger partial charge on any atom is 0.310 e. The molecule has 18 heavy (non-hydrogen) atoms. The van der Waals surface area contributed by atoms with Crippen LogP contribution in [0.25, 0.3) is 0 Å². The molecular formula is C9H7N3O5S. The highest BCUT2D eigenvalue weighted by Gasteiger charge is 2.24. The summed E-state index contributed by atoms with van der Waals surface area (Å²) in [4.78, 5) is 18.6. The third-order valence-corrected chi connectivity index (χ3v) is 3.09. The van der Waals surface area contributed by atoms with Crippen LogP contribution in [0.1, 0.15) is 5.56 Å². The molecule has 0 fully saturated rings. The number of ether oxygens (including phenoxy) is 1. The largest absolute Gasteiger partial charge is 0.471 e. The van der Waals surface area contributed by atoms with Crippen LogP contribution in [0.2, 0.25) is 0 Å². The fraction of sp³-hybridized carbons (Fsp3) is 0.222. The van der Waals surface area contributed by atoms with Crippen molar-refractivity contribution < 1.29 is 22.8 Å². The van der Waals surface area contributed by atoms with Crippen LogP contribution in [0, 0.1) is 0 Å².